The lowest BCUT2D eigenvalue weighted by molar-refractivity contribution is -0.815. The molecule has 13 heavy (non-hydrogen) atoms. The van der Waals surface area contributed by atoms with Crippen molar-refractivity contribution < 1.29 is 13.7 Å². The van der Waals surface area contributed by atoms with Crippen molar-refractivity contribution in [3.63, 3.8) is 0 Å². The van der Waals surface area contributed by atoms with Gasteiger partial charge in [0.25, 0.3) is 0 Å². The van der Waals surface area contributed by atoms with Crippen LogP contribution in [0.2, 0.25) is 0 Å². The third kappa shape index (κ3) is 1.40. The van der Waals surface area contributed by atoms with E-state index in [1.165, 1.54) is 0 Å². The highest BCUT2D eigenvalue weighted by molar-refractivity contribution is 5.85. The fourth-order valence-corrected chi connectivity index (χ4v) is 1.90. The maximum Gasteiger partial charge on any atom is 0.381 e. The molecule has 0 radical (unpaired) electrons. The number of hydrogen-bond donors (Lipinski definition) is 0. The van der Waals surface area contributed by atoms with Crippen molar-refractivity contribution >= 4 is 5.91 Å². The number of nitrogens with zero attached hydrogens (tertiary/aromatic N) is 1. The summed E-state index contributed by atoms with van der Waals surface area (Å²) >= 11 is 0. The van der Waals surface area contributed by atoms with E-state index in [0.29, 0.717) is 10.2 Å². The van der Waals surface area contributed by atoms with Gasteiger partial charge in [-0.3, -0.25) is 4.48 Å². The van der Waals surface area contributed by atoms with Crippen molar-refractivity contribution in [1.29, 1.82) is 0 Å². The average Bonchev–Trinajstić information content (AvgIpc) is 2.73. The van der Waals surface area contributed by atoms with Crippen molar-refractivity contribution in [3.8, 4) is 0 Å². The Labute approximate surface area is 77.5 Å². The second-order valence-corrected chi connectivity index (χ2v) is 3.83. The predicted octanol–water partition coefficient (Wildman–Crippen LogP) is 1.66. The van der Waals surface area contributed by atoms with E-state index in [1.54, 1.807) is 18.4 Å². The zero-order valence-corrected chi connectivity index (χ0v) is 7.82. The molecule has 1 aliphatic heterocycles. The maximum absolute atomic E-state index is 11.9. The number of amides is 1. The summed E-state index contributed by atoms with van der Waals surface area (Å²) in [5, 5.41) is 0. The van der Waals surface area contributed by atoms with Crippen molar-refractivity contribution in [1.82, 2.24) is 0 Å². The molecule has 0 N–H and O–H groups in total. The highest BCUT2D eigenvalue weighted by atomic mass is 16.3. The summed E-state index contributed by atoms with van der Waals surface area (Å²) in [5.41, 5.74) is 0. The highest BCUT2D eigenvalue weighted by Crippen LogP contribution is 2.20. The maximum atomic E-state index is 11.9. The molecule has 0 saturated carbocycles. The van der Waals surface area contributed by atoms with Crippen molar-refractivity contribution in [2.45, 2.75) is 12.8 Å². The van der Waals surface area contributed by atoms with Crippen LogP contribution in [0.15, 0.2) is 22.8 Å². The number of likely N-dealkylation sites (tertiary alicyclic amines) is 1. The van der Waals surface area contributed by atoms with Crippen LogP contribution < -0.4 is 0 Å². The Bertz CT molecular complexity index is 297. The molecule has 3 nitrogen and oxygen atoms in total. The second-order valence-electron chi connectivity index (χ2n) is 3.83. The first-order valence-electron chi connectivity index (χ1n) is 4.65. The fourth-order valence-electron chi connectivity index (χ4n) is 1.90. The summed E-state index contributed by atoms with van der Waals surface area (Å²) < 4.78 is 5.62. The molecule has 3 heteroatoms. The molecule has 0 spiro atoms. The normalized spacial score (nSPS) is 20.4. The predicted molar refractivity (Wildman–Crippen MR) is 48.2 cm³/mol. The summed E-state index contributed by atoms with van der Waals surface area (Å²) in [5.74, 6) is 0.604. The first kappa shape index (κ1) is 8.51. The Morgan fingerprint density at radius 2 is 2.15 bits per heavy atom. The van der Waals surface area contributed by atoms with Crippen LogP contribution in [-0.2, 0) is 0 Å². The molecule has 1 amide bonds. The van der Waals surface area contributed by atoms with Gasteiger partial charge in [0.15, 0.2) is 0 Å². The van der Waals surface area contributed by atoms with Gasteiger partial charge in [0, 0.05) is 12.8 Å². The van der Waals surface area contributed by atoms with Crippen molar-refractivity contribution in [3.05, 3.63) is 24.2 Å². The van der Waals surface area contributed by atoms with Crippen LogP contribution in [-0.4, -0.2) is 30.5 Å². The van der Waals surface area contributed by atoms with E-state index in [0.717, 1.165) is 25.9 Å². The van der Waals surface area contributed by atoms with E-state index >= 15 is 0 Å². The molecule has 0 aliphatic carbocycles. The molecule has 1 aromatic heterocycles. The fraction of sp³-hybridized carbons (Fsp3) is 0.500. The molecule has 1 aliphatic rings. The van der Waals surface area contributed by atoms with E-state index in [4.69, 9.17) is 4.42 Å². The van der Waals surface area contributed by atoms with Gasteiger partial charge in [-0.05, 0) is 12.1 Å². The van der Waals surface area contributed by atoms with Crippen LogP contribution in [0, 0.1) is 0 Å². The zero-order valence-electron chi connectivity index (χ0n) is 7.82. The summed E-state index contributed by atoms with van der Waals surface area (Å²) in [6.45, 7) is 1.89. The smallest absolute Gasteiger partial charge is 0.381 e. The molecule has 0 atom stereocenters. The van der Waals surface area contributed by atoms with Gasteiger partial charge >= 0.3 is 5.91 Å². The van der Waals surface area contributed by atoms with Crippen LogP contribution in [0.1, 0.15) is 23.4 Å². The lowest BCUT2D eigenvalue weighted by Gasteiger charge is -2.24. The number of furan rings is 1. The third-order valence-corrected chi connectivity index (χ3v) is 2.78. The Balaban J connectivity index is 2.21. The number of hydrogen-bond acceptors (Lipinski definition) is 2. The standard InChI is InChI=1S/C10H14NO2/c1-11(6-2-3-7-11)10(12)9-5-4-8-13-9/h4-5,8H,2-3,6-7H2,1H3/q+1. The highest BCUT2D eigenvalue weighted by Gasteiger charge is 2.37. The average molecular weight is 180 g/mol. The molecule has 2 heterocycles. The van der Waals surface area contributed by atoms with E-state index in [9.17, 15) is 4.79 Å². The molecular formula is C10H14NO2+. The molecule has 0 bridgehead atoms. The van der Waals surface area contributed by atoms with Crippen molar-refractivity contribution in [2.75, 3.05) is 20.1 Å². The third-order valence-electron chi connectivity index (χ3n) is 2.78. The topological polar surface area (TPSA) is 30.2 Å². The molecule has 0 unspecified atom stereocenters. The minimum atomic E-state index is 0.113. The van der Waals surface area contributed by atoms with Crippen LogP contribution in [0.3, 0.4) is 0 Å². The van der Waals surface area contributed by atoms with Gasteiger partial charge in [-0.15, -0.1) is 0 Å². The number of carbonyl (C=O) groups excluding carboxylic acids is 1. The monoisotopic (exact) mass is 180 g/mol. The molecule has 70 valence electrons. The number of quaternary nitrogens is 1. The summed E-state index contributed by atoms with van der Waals surface area (Å²) in [7, 11) is 1.98. The summed E-state index contributed by atoms with van der Waals surface area (Å²) in [6, 6.07) is 3.50. The molecule has 1 fully saturated rings. The minimum Gasteiger partial charge on any atom is -0.455 e. The quantitative estimate of drug-likeness (QED) is 0.615. The van der Waals surface area contributed by atoms with Crippen molar-refractivity contribution in [2.24, 2.45) is 0 Å². The van der Waals surface area contributed by atoms with Gasteiger partial charge in [-0.25, -0.2) is 4.79 Å². The minimum absolute atomic E-state index is 0.113. The Morgan fingerprint density at radius 1 is 1.46 bits per heavy atom. The van der Waals surface area contributed by atoms with Gasteiger partial charge < -0.3 is 4.42 Å². The van der Waals surface area contributed by atoms with Gasteiger partial charge in [0.05, 0.1) is 26.4 Å². The molecule has 1 saturated heterocycles. The van der Waals surface area contributed by atoms with Crippen LogP contribution in [0.4, 0.5) is 0 Å². The lowest BCUT2D eigenvalue weighted by atomic mass is 10.3. The first-order valence-corrected chi connectivity index (χ1v) is 4.65. The van der Waals surface area contributed by atoms with Gasteiger partial charge in [0.1, 0.15) is 0 Å². The van der Waals surface area contributed by atoms with E-state index < -0.39 is 0 Å². The molecule has 0 aromatic carbocycles. The SMILES string of the molecule is C[N+]1(C(=O)c2ccco2)CCCC1. The first-order chi connectivity index (χ1) is 6.22. The molecule has 1 aromatic rings. The summed E-state index contributed by atoms with van der Waals surface area (Å²) in [4.78, 5) is 11.9. The van der Waals surface area contributed by atoms with E-state index in [1.807, 2.05) is 7.05 Å². The van der Waals surface area contributed by atoms with Gasteiger partial charge in [0.2, 0.25) is 5.76 Å². The Kier molecular flexibility index (Phi) is 1.96. The van der Waals surface area contributed by atoms with Crippen LogP contribution in [0.5, 0.6) is 0 Å². The Hall–Kier alpha value is -1.09. The van der Waals surface area contributed by atoms with E-state index in [2.05, 4.69) is 0 Å². The van der Waals surface area contributed by atoms with Crippen LogP contribution in [0.25, 0.3) is 0 Å². The zero-order chi connectivity index (χ0) is 9.31. The van der Waals surface area contributed by atoms with Gasteiger partial charge in [-0.1, -0.05) is 0 Å². The van der Waals surface area contributed by atoms with E-state index in [-0.39, 0.29) is 5.91 Å². The Morgan fingerprint density at radius 3 is 2.69 bits per heavy atom. The number of carbonyl (C=O) groups is 1. The molecule has 2 rings (SSSR count). The molecular weight excluding hydrogens is 166 g/mol. The second kappa shape index (κ2) is 3.00. The largest absolute Gasteiger partial charge is 0.455 e. The summed E-state index contributed by atoms with van der Waals surface area (Å²) in [6.07, 6.45) is 3.83. The lowest BCUT2D eigenvalue weighted by Crippen LogP contribution is -2.46. The number of rotatable bonds is 1. The van der Waals surface area contributed by atoms with Crippen LogP contribution >= 0.6 is 0 Å². The van der Waals surface area contributed by atoms with Gasteiger partial charge in [-0.2, -0.15) is 0 Å².